The number of carbonyl (C=O) groups excluding carboxylic acids is 2. The van der Waals surface area contributed by atoms with Gasteiger partial charge >= 0.3 is 0 Å². The van der Waals surface area contributed by atoms with Gasteiger partial charge in [0.25, 0.3) is 11.8 Å². The molecule has 1 saturated heterocycles. The Labute approximate surface area is 180 Å². The highest BCUT2D eigenvalue weighted by molar-refractivity contribution is 5.93. The first-order valence-corrected chi connectivity index (χ1v) is 10.6. The predicted molar refractivity (Wildman–Crippen MR) is 115 cm³/mol. The van der Waals surface area contributed by atoms with Gasteiger partial charge in [0.05, 0.1) is 11.7 Å². The molecule has 2 N–H and O–H groups in total. The van der Waals surface area contributed by atoms with Gasteiger partial charge in [-0.25, -0.2) is 4.98 Å². The fraction of sp³-hybridized carbons (Fsp3) is 0.292. The van der Waals surface area contributed by atoms with Crippen LogP contribution in [-0.4, -0.2) is 45.0 Å². The number of fused-ring (bicyclic) bond motifs is 3. The van der Waals surface area contributed by atoms with Crippen LogP contribution in [0.5, 0.6) is 5.75 Å². The van der Waals surface area contributed by atoms with E-state index in [0.29, 0.717) is 24.4 Å². The van der Waals surface area contributed by atoms with Crippen molar-refractivity contribution in [1.29, 1.82) is 0 Å². The number of nitrogens with two attached hydrogens (primary N) is 1. The molecule has 0 aliphatic carbocycles. The number of nitrogens with zero attached hydrogens (tertiary/aromatic N) is 3. The molecule has 1 aromatic heterocycles. The van der Waals surface area contributed by atoms with E-state index < -0.39 is 5.91 Å². The van der Waals surface area contributed by atoms with Gasteiger partial charge in [-0.1, -0.05) is 48.5 Å². The molecule has 0 spiro atoms. The average Bonchev–Trinajstić information content (AvgIpc) is 3.29. The maximum Gasteiger partial charge on any atom is 0.269 e. The van der Waals surface area contributed by atoms with Crippen LogP contribution in [0.15, 0.2) is 60.7 Å². The molecule has 2 aliphatic rings. The van der Waals surface area contributed by atoms with Crippen molar-refractivity contribution in [3.05, 3.63) is 72.1 Å². The van der Waals surface area contributed by atoms with E-state index in [2.05, 4.69) is 9.55 Å². The Morgan fingerprint density at radius 2 is 1.68 bits per heavy atom. The zero-order chi connectivity index (χ0) is 21.4. The summed E-state index contributed by atoms with van der Waals surface area (Å²) in [6.45, 7) is 0.589. The fourth-order valence-corrected chi connectivity index (χ4v) is 4.81. The normalized spacial score (nSPS) is 19.5. The third-order valence-corrected chi connectivity index (χ3v) is 6.17. The lowest BCUT2D eigenvalue weighted by Gasteiger charge is -2.28. The van der Waals surface area contributed by atoms with Crippen LogP contribution >= 0.6 is 0 Å². The molecule has 2 aromatic carbocycles. The van der Waals surface area contributed by atoms with Gasteiger partial charge in [0.15, 0.2) is 6.61 Å². The van der Waals surface area contributed by atoms with E-state index in [1.807, 2.05) is 65.6 Å². The molecule has 5 rings (SSSR count). The number of primary amides is 1. The van der Waals surface area contributed by atoms with Crippen LogP contribution in [0.1, 0.15) is 29.0 Å². The maximum atomic E-state index is 13.1. The van der Waals surface area contributed by atoms with Crippen LogP contribution in [0.2, 0.25) is 0 Å². The van der Waals surface area contributed by atoms with Gasteiger partial charge in [0, 0.05) is 24.6 Å². The first-order chi connectivity index (χ1) is 15.1. The number of amides is 2. The number of aromatic nitrogens is 2. The van der Waals surface area contributed by atoms with Crippen molar-refractivity contribution >= 4 is 11.8 Å². The van der Waals surface area contributed by atoms with E-state index in [1.165, 1.54) is 0 Å². The number of hydrogen-bond acceptors (Lipinski definition) is 4. The van der Waals surface area contributed by atoms with Crippen LogP contribution < -0.4 is 10.5 Å². The van der Waals surface area contributed by atoms with Crippen LogP contribution in [0.25, 0.3) is 11.4 Å². The Bertz CT molecular complexity index is 1110. The maximum absolute atomic E-state index is 13.1. The summed E-state index contributed by atoms with van der Waals surface area (Å²) in [7, 11) is 0. The third-order valence-electron chi connectivity index (χ3n) is 6.17. The third kappa shape index (κ3) is 3.56. The molecule has 158 valence electrons. The molecule has 2 aliphatic heterocycles. The second-order valence-electron chi connectivity index (χ2n) is 8.06. The fourth-order valence-electron chi connectivity index (χ4n) is 4.81. The number of imidazole rings is 1. The first kappa shape index (κ1) is 19.4. The Morgan fingerprint density at radius 1 is 1.00 bits per heavy atom. The zero-order valence-corrected chi connectivity index (χ0v) is 17.1. The Morgan fingerprint density at radius 3 is 2.39 bits per heavy atom. The molecule has 3 aromatic rings. The van der Waals surface area contributed by atoms with Crippen molar-refractivity contribution in [3.8, 4) is 17.1 Å². The van der Waals surface area contributed by atoms with Crippen LogP contribution in [0.4, 0.5) is 0 Å². The van der Waals surface area contributed by atoms with Crippen molar-refractivity contribution in [2.75, 3.05) is 6.61 Å². The lowest BCUT2D eigenvalue weighted by molar-refractivity contribution is -0.136. The molecule has 31 heavy (non-hydrogen) atoms. The minimum atomic E-state index is -0.533. The summed E-state index contributed by atoms with van der Waals surface area (Å²) in [6, 6.07) is 19.2. The van der Waals surface area contributed by atoms with Gasteiger partial charge in [0.1, 0.15) is 17.3 Å². The van der Waals surface area contributed by atoms with Crippen LogP contribution in [0, 0.1) is 0 Å². The number of ether oxygens (including phenoxy) is 1. The molecule has 2 bridgehead atoms. The van der Waals surface area contributed by atoms with Crippen molar-refractivity contribution in [2.24, 2.45) is 5.73 Å². The van der Waals surface area contributed by atoms with Gasteiger partial charge < -0.3 is 19.9 Å². The summed E-state index contributed by atoms with van der Waals surface area (Å²) < 4.78 is 7.80. The van der Waals surface area contributed by atoms with E-state index >= 15 is 0 Å². The summed E-state index contributed by atoms with van der Waals surface area (Å²) in [5.41, 5.74) is 7.72. The van der Waals surface area contributed by atoms with E-state index in [4.69, 9.17) is 10.5 Å². The zero-order valence-electron chi connectivity index (χ0n) is 17.1. The Balaban J connectivity index is 1.44. The summed E-state index contributed by atoms with van der Waals surface area (Å²) in [6.07, 6.45) is 2.37. The Hall–Kier alpha value is -3.61. The van der Waals surface area contributed by atoms with Crippen molar-refractivity contribution in [1.82, 2.24) is 14.5 Å². The number of para-hydroxylation sites is 1. The summed E-state index contributed by atoms with van der Waals surface area (Å²) in [5.74, 6) is 0.840. The molecule has 0 radical (unpaired) electrons. The lowest BCUT2D eigenvalue weighted by atomic mass is 10.1. The van der Waals surface area contributed by atoms with Crippen molar-refractivity contribution < 1.29 is 14.3 Å². The molecule has 7 heteroatoms. The monoisotopic (exact) mass is 416 g/mol. The number of carbonyl (C=O) groups is 2. The standard InChI is InChI=1S/C24H24N4O3/c25-23(30)22-20-13-17-11-12-18(14-27(20)24(26-22)16-7-3-1-4-8-16)28(17)21(29)15-31-19-9-5-2-6-10-19/h1-10,17-18H,11-15H2,(H2,25,30)/t17-,18+/m0/s1. The Kier molecular flexibility index (Phi) is 4.94. The topological polar surface area (TPSA) is 90.5 Å². The molecule has 0 unspecified atom stereocenters. The molecule has 2 amide bonds. The van der Waals surface area contributed by atoms with E-state index in [-0.39, 0.29) is 24.6 Å². The minimum absolute atomic E-state index is 0.00162. The molecule has 3 heterocycles. The molecule has 7 nitrogen and oxygen atoms in total. The molecule has 2 atom stereocenters. The molecule has 0 saturated carbocycles. The number of hydrogen-bond donors (Lipinski definition) is 1. The molecular formula is C24H24N4O3. The number of benzene rings is 2. The van der Waals surface area contributed by atoms with Gasteiger partial charge in [-0.3, -0.25) is 9.59 Å². The summed E-state index contributed by atoms with van der Waals surface area (Å²) in [5, 5.41) is 0. The summed E-state index contributed by atoms with van der Waals surface area (Å²) >= 11 is 0. The number of rotatable bonds is 5. The minimum Gasteiger partial charge on any atom is -0.484 e. The largest absolute Gasteiger partial charge is 0.484 e. The first-order valence-electron chi connectivity index (χ1n) is 10.6. The van der Waals surface area contributed by atoms with Gasteiger partial charge in [-0.05, 0) is 25.0 Å². The second kappa shape index (κ2) is 7.91. The lowest BCUT2D eigenvalue weighted by Crippen LogP contribution is -2.44. The van der Waals surface area contributed by atoms with Crippen LogP contribution in [0.3, 0.4) is 0 Å². The highest BCUT2D eigenvalue weighted by Gasteiger charge is 2.42. The van der Waals surface area contributed by atoms with Crippen molar-refractivity contribution in [2.45, 2.75) is 37.9 Å². The molecular weight excluding hydrogens is 392 g/mol. The van der Waals surface area contributed by atoms with Crippen molar-refractivity contribution in [3.63, 3.8) is 0 Å². The van der Waals surface area contributed by atoms with E-state index in [0.717, 1.165) is 29.9 Å². The van der Waals surface area contributed by atoms with Gasteiger partial charge in [-0.15, -0.1) is 0 Å². The van der Waals surface area contributed by atoms with E-state index in [1.54, 1.807) is 0 Å². The highest BCUT2D eigenvalue weighted by Crippen LogP contribution is 2.35. The van der Waals surface area contributed by atoms with E-state index in [9.17, 15) is 9.59 Å². The van der Waals surface area contributed by atoms with Crippen LogP contribution in [-0.2, 0) is 17.8 Å². The average molecular weight is 416 g/mol. The molecule has 1 fully saturated rings. The SMILES string of the molecule is NC(=O)c1nc(-c2ccccc2)n2c1C[C@@H]1CC[C@H](C2)N1C(=O)COc1ccccc1. The quantitative estimate of drug-likeness (QED) is 0.692. The van der Waals surface area contributed by atoms with Gasteiger partial charge in [0.2, 0.25) is 0 Å². The van der Waals surface area contributed by atoms with Gasteiger partial charge in [-0.2, -0.15) is 0 Å². The highest BCUT2D eigenvalue weighted by atomic mass is 16.5. The second-order valence-corrected chi connectivity index (χ2v) is 8.06. The smallest absolute Gasteiger partial charge is 0.269 e. The summed E-state index contributed by atoms with van der Waals surface area (Å²) in [4.78, 5) is 31.8. The predicted octanol–water partition coefficient (Wildman–Crippen LogP) is 2.64.